The van der Waals surface area contributed by atoms with Crippen LogP contribution in [0.25, 0.3) is 132 Å². The van der Waals surface area contributed by atoms with E-state index in [2.05, 4.69) is 336 Å². The minimum atomic E-state index is 1.10. The summed E-state index contributed by atoms with van der Waals surface area (Å²) in [6, 6.07) is 118. The third-order valence-corrected chi connectivity index (χ3v) is 16.9. The van der Waals surface area contributed by atoms with E-state index < -0.39 is 0 Å². The maximum Gasteiger partial charge on any atom is 0.0618 e. The van der Waals surface area contributed by atoms with E-state index in [-0.39, 0.29) is 0 Å². The molecule has 0 bridgehead atoms. The van der Waals surface area contributed by atoms with Gasteiger partial charge in [0.25, 0.3) is 0 Å². The lowest BCUT2D eigenvalue weighted by atomic mass is 9.86. The monoisotopic (exact) mass is 1060 g/mol. The maximum absolute atomic E-state index is 2.44. The van der Waals surface area contributed by atoms with Gasteiger partial charge < -0.3 is 14.0 Å². The van der Waals surface area contributed by atoms with Gasteiger partial charge in [-0.3, -0.25) is 0 Å². The molecule has 3 heteroatoms. The van der Waals surface area contributed by atoms with Crippen molar-refractivity contribution in [1.29, 1.82) is 0 Å². The highest BCUT2D eigenvalue weighted by Crippen LogP contribution is 2.50. The summed E-state index contributed by atoms with van der Waals surface area (Å²) in [7, 11) is 0. The zero-order chi connectivity index (χ0) is 54.8. The van der Waals surface area contributed by atoms with Crippen LogP contribution in [0, 0.1) is 0 Å². The molecule has 0 aliphatic heterocycles. The van der Waals surface area contributed by atoms with Gasteiger partial charge in [-0.2, -0.15) is 0 Å². The smallest absolute Gasteiger partial charge is 0.0618 e. The molecule has 0 atom stereocenters. The van der Waals surface area contributed by atoms with Crippen molar-refractivity contribution in [3.63, 3.8) is 0 Å². The van der Waals surface area contributed by atoms with Gasteiger partial charge in [0, 0.05) is 55.1 Å². The third kappa shape index (κ3) is 8.20. The lowest BCUT2D eigenvalue weighted by Gasteiger charge is -2.29. The largest absolute Gasteiger partial charge is 0.309 e. The SMILES string of the molecule is c1ccc(-c2ccc(-n3c4ccccc4c4cc(-c5cc(-c6ccc7c(c6)c6ccccc6n7-c6ccc(-c7ccccc7)cc6)cc(-c6c7ccccc7c(N(c7ccccc7)c7ccccc7)c7ccccc67)c5)ccc43)cc2)cc1. The summed E-state index contributed by atoms with van der Waals surface area (Å²) in [6.07, 6.45) is 0. The molecule has 0 fully saturated rings. The molecule has 0 amide bonds. The lowest BCUT2D eigenvalue weighted by Crippen LogP contribution is -2.11. The second-order valence-electron chi connectivity index (χ2n) is 21.6. The van der Waals surface area contributed by atoms with Crippen LogP contribution in [0.5, 0.6) is 0 Å². The lowest BCUT2D eigenvalue weighted by molar-refractivity contribution is 1.18. The highest BCUT2D eigenvalue weighted by Gasteiger charge is 2.24. The summed E-state index contributed by atoms with van der Waals surface area (Å²) in [5.74, 6) is 0. The van der Waals surface area contributed by atoms with Gasteiger partial charge in [0.05, 0.1) is 27.8 Å². The van der Waals surface area contributed by atoms with Gasteiger partial charge >= 0.3 is 0 Å². The van der Waals surface area contributed by atoms with Crippen LogP contribution < -0.4 is 4.90 Å². The Morgan fingerprint density at radius 2 is 0.506 bits per heavy atom. The van der Waals surface area contributed by atoms with Crippen LogP contribution in [-0.2, 0) is 0 Å². The molecule has 0 saturated carbocycles. The topological polar surface area (TPSA) is 13.1 Å². The minimum Gasteiger partial charge on any atom is -0.309 e. The Morgan fingerprint density at radius 3 is 0.928 bits per heavy atom. The Bertz CT molecular complexity index is 4780. The number of nitrogens with zero attached hydrogens (tertiary/aromatic N) is 3. The van der Waals surface area contributed by atoms with E-state index in [4.69, 9.17) is 0 Å². The van der Waals surface area contributed by atoms with Crippen LogP contribution >= 0.6 is 0 Å². The molecule has 83 heavy (non-hydrogen) atoms. The third-order valence-electron chi connectivity index (χ3n) is 16.9. The van der Waals surface area contributed by atoms with Crippen molar-refractivity contribution < 1.29 is 0 Å². The molecule has 0 saturated heterocycles. The fraction of sp³-hybridized carbons (Fsp3) is 0. The van der Waals surface area contributed by atoms with E-state index in [0.717, 1.165) is 56.3 Å². The molecule has 0 spiro atoms. The predicted octanol–water partition coefficient (Wildman–Crippen LogP) is 22.0. The van der Waals surface area contributed by atoms with Gasteiger partial charge in [0.15, 0.2) is 0 Å². The van der Waals surface area contributed by atoms with Crippen molar-refractivity contribution in [3.8, 4) is 67.0 Å². The standard InChI is InChI=1S/C80H53N3/c1-5-21-54(22-6-1)56-37-43-65(44-38-56)82-75-35-19-17-29-67(75)73-52-58(41-47-77(73)82)60-49-61(59-42-48-78-74(53-59)68-30-18-20-36-76(68)83(78)66-45-39-57(40-46-66)55-23-7-2-8-24-55)51-62(50-60)79-69-31-13-15-33-71(69)80(72-34-16-14-32-70(72)79)81(63-25-9-3-10-26-63)64-27-11-4-12-28-64/h1-53H. The van der Waals surface area contributed by atoms with E-state index in [9.17, 15) is 0 Å². The van der Waals surface area contributed by atoms with Crippen LogP contribution in [0.3, 0.4) is 0 Å². The number of para-hydroxylation sites is 4. The van der Waals surface area contributed by atoms with E-state index >= 15 is 0 Å². The van der Waals surface area contributed by atoms with Crippen LogP contribution in [0.1, 0.15) is 0 Å². The van der Waals surface area contributed by atoms with Gasteiger partial charge in [-0.25, -0.2) is 0 Å². The molecule has 14 aromatic carbocycles. The second-order valence-corrected chi connectivity index (χ2v) is 21.6. The molecule has 0 aliphatic carbocycles. The average Bonchev–Trinajstić information content (AvgIpc) is 3.31. The molecule has 3 nitrogen and oxygen atoms in total. The predicted molar refractivity (Wildman–Crippen MR) is 352 cm³/mol. The number of fused-ring (bicyclic) bond motifs is 8. The zero-order valence-corrected chi connectivity index (χ0v) is 45.4. The van der Waals surface area contributed by atoms with Crippen molar-refractivity contribution in [1.82, 2.24) is 9.13 Å². The van der Waals surface area contributed by atoms with E-state index in [1.807, 2.05) is 0 Å². The first-order valence-electron chi connectivity index (χ1n) is 28.6. The van der Waals surface area contributed by atoms with Crippen molar-refractivity contribution in [2.75, 3.05) is 4.90 Å². The Balaban J connectivity index is 0.917. The summed E-state index contributed by atoms with van der Waals surface area (Å²) in [6.45, 7) is 0. The summed E-state index contributed by atoms with van der Waals surface area (Å²) >= 11 is 0. The molecule has 0 N–H and O–H groups in total. The first kappa shape index (κ1) is 48.0. The van der Waals surface area contributed by atoms with Crippen LogP contribution in [-0.4, -0.2) is 9.13 Å². The Hall–Kier alpha value is -11.0. The first-order chi connectivity index (χ1) is 41.2. The summed E-state index contributed by atoms with van der Waals surface area (Å²) in [4.78, 5) is 2.43. The first-order valence-corrected chi connectivity index (χ1v) is 28.6. The molecule has 16 aromatic rings. The van der Waals surface area contributed by atoms with E-state index in [1.54, 1.807) is 0 Å². The van der Waals surface area contributed by atoms with Gasteiger partial charge in [0.1, 0.15) is 0 Å². The number of hydrogen-bond donors (Lipinski definition) is 0. The van der Waals surface area contributed by atoms with Crippen molar-refractivity contribution in [3.05, 3.63) is 322 Å². The van der Waals surface area contributed by atoms with Crippen LogP contribution in [0.2, 0.25) is 0 Å². The van der Waals surface area contributed by atoms with Gasteiger partial charge in [0.2, 0.25) is 0 Å². The van der Waals surface area contributed by atoms with Crippen molar-refractivity contribution >= 4 is 82.2 Å². The van der Waals surface area contributed by atoms with Gasteiger partial charge in [-0.1, -0.05) is 218 Å². The molecule has 2 aromatic heterocycles. The fourth-order valence-corrected chi connectivity index (χ4v) is 13.1. The number of benzene rings is 14. The molecular weight excluding hydrogens is 1000 g/mol. The quantitative estimate of drug-likeness (QED) is 0.124. The number of hydrogen-bond acceptors (Lipinski definition) is 1. The Kier molecular flexibility index (Phi) is 11.5. The van der Waals surface area contributed by atoms with Crippen molar-refractivity contribution in [2.45, 2.75) is 0 Å². The highest BCUT2D eigenvalue weighted by atomic mass is 15.1. The zero-order valence-electron chi connectivity index (χ0n) is 45.4. The molecule has 0 unspecified atom stereocenters. The van der Waals surface area contributed by atoms with Crippen LogP contribution in [0.15, 0.2) is 322 Å². The van der Waals surface area contributed by atoms with Gasteiger partial charge in [-0.15, -0.1) is 0 Å². The summed E-state index contributed by atoms with van der Waals surface area (Å²) in [5.41, 5.74) is 22.1. The fourth-order valence-electron chi connectivity index (χ4n) is 13.1. The normalized spacial score (nSPS) is 11.6. The molecule has 2 heterocycles. The number of rotatable bonds is 10. The van der Waals surface area contributed by atoms with Gasteiger partial charge in [-0.05, 0) is 170 Å². The second kappa shape index (κ2) is 20.0. The summed E-state index contributed by atoms with van der Waals surface area (Å²) < 4.78 is 4.84. The number of aromatic nitrogens is 2. The molecule has 0 aliphatic rings. The Labute approximate surface area is 482 Å². The maximum atomic E-state index is 2.44. The highest BCUT2D eigenvalue weighted by molar-refractivity contribution is 6.23. The van der Waals surface area contributed by atoms with Crippen LogP contribution in [0.4, 0.5) is 17.1 Å². The molecule has 388 valence electrons. The van der Waals surface area contributed by atoms with E-state index in [0.29, 0.717) is 0 Å². The number of anilines is 3. The van der Waals surface area contributed by atoms with E-state index in [1.165, 1.54) is 93.0 Å². The molecular formula is C80H53N3. The van der Waals surface area contributed by atoms with Crippen molar-refractivity contribution in [2.24, 2.45) is 0 Å². The molecule has 16 rings (SSSR count). The average molecular weight is 1060 g/mol. The molecule has 0 radical (unpaired) electrons. The minimum absolute atomic E-state index is 1.10. The summed E-state index contributed by atoms with van der Waals surface area (Å²) in [5, 5.41) is 9.60. The Morgan fingerprint density at radius 1 is 0.193 bits per heavy atom.